The Morgan fingerprint density at radius 1 is 1.65 bits per heavy atom. The fraction of sp³-hybridized carbons (Fsp3) is 0.182. The van der Waals surface area contributed by atoms with Crippen LogP contribution in [-0.4, -0.2) is 23.5 Å². The summed E-state index contributed by atoms with van der Waals surface area (Å²) in [7, 11) is 0. The molecule has 0 aromatic heterocycles. The van der Waals surface area contributed by atoms with E-state index in [1.54, 1.807) is 12.1 Å². The van der Waals surface area contributed by atoms with E-state index < -0.39 is 4.92 Å². The molecule has 0 fully saturated rings. The molecule has 0 aliphatic carbocycles. The average Bonchev–Trinajstić information content (AvgIpc) is 2.78. The monoisotopic (exact) mass is 296 g/mol. The minimum atomic E-state index is -0.445. The zero-order chi connectivity index (χ0) is 12.4. The third-order valence-corrected chi connectivity index (χ3v) is 2.82. The first-order valence-electron chi connectivity index (χ1n) is 4.88. The standard InChI is InChI=1S/C11H9BrN2O3/c1-7(12)10-6-13-11(17-10)8-3-2-4-9(5-8)14(15)16/h2-5,10H,1,6H2/t10-/m1/s1. The van der Waals surface area contributed by atoms with Crippen LogP contribution in [0.3, 0.4) is 0 Å². The molecule has 0 N–H and O–H groups in total. The van der Waals surface area contributed by atoms with Crippen molar-refractivity contribution in [3.05, 3.63) is 51.0 Å². The largest absolute Gasteiger partial charge is 0.467 e. The molecule has 17 heavy (non-hydrogen) atoms. The van der Waals surface area contributed by atoms with Gasteiger partial charge in [0.2, 0.25) is 5.90 Å². The summed E-state index contributed by atoms with van der Waals surface area (Å²) in [5.41, 5.74) is 0.630. The molecule has 1 aromatic rings. The zero-order valence-corrected chi connectivity index (χ0v) is 10.4. The van der Waals surface area contributed by atoms with Crippen LogP contribution in [0.25, 0.3) is 0 Å². The molecule has 88 valence electrons. The Kier molecular flexibility index (Phi) is 3.23. The molecule has 0 saturated heterocycles. The topological polar surface area (TPSA) is 64.7 Å². The zero-order valence-electron chi connectivity index (χ0n) is 8.80. The van der Waals surface area contributed by atoms with Crippen LogP contribution < -0.4 is 0 Å². The number of rotatable bonds is 3. The Bertz CT molecular complexity index is 513. The van der Waals surface area contributed by atoms with Gasteiger partial charge < -0.3 is 4.74 Å². The molecular weight excluding hydrogens is 288 g/mol. The van der Waals surface area contributed by atoms with Gasteiger partial charge in [-0.3, -0.25) is 10.1 Å². The Morgan fingerprint density at radius 2 is 2.41 bits per heavy atom. The summed E-state index contributed by atoms with van der Waals surface area (Å²) in [5.74, 6) is 0.416. The van der Waals surface area contributed by atoms with Crippen molar-refractivity contribution in [1.29, 1.82) is 0 Å². The Labute approximate surface area is 106 Å². The van der Waals surface area contributed by atoms with Crippen molar-refractivity contribution in [2.45, 2.75) is 6.10 Å². The number of non-ortho nitro benzene ring substituents is 1. The van der Waals surface area contributed by atoms with Crippen LogP contribution >= 0.6 is 15.9 Å². The molecule has 1 aliphatic heterocycles. The molecule has 0 amide bonds. The van der Waals surface area contributed by atoms with Gasteiger partial charge in [0.05, 0.1) is 11.5 Å². The number of halogens is 1. The van der Waals surface area contributed by atoms with Crippen molar-refractivity contribution in [3.8, 4) is 0 Å². The number of nitro groups is 1. The molecule has 1 aliphatic rings. The van der Waals surface area contributed by atoms with Gasteiger partial charge in [-0.15, -0.1) is 0 Å². The quantitative estimate of drug-likeness (QED) is 0.636. The molecule has 1 heterocycles. The maximum atomic E-state index is 10.6. The van der Waals surface area contributed by atoms with Crippen molar-refractivity contribution in [2.24, 2.45) is 4.99 Å². The van der Waals surface area contributed by atoms with Crippen LogP contribution in [-0.2, 0) is 4.74 Å². The number of nitro benzene ring substituents is 1. The van der Waals surface area contributed by atoms with E-state index >= 15 is 0 Å². The van der Waals surface area contributed by atoms with E-state index in [1.807, 2.05) is 0 Å². The summed E-state index contributed by atoms with van der Waals surface area (Å²) in [5, 5.41) is 10.6. The fourth-order valence-corrected chi connectivity index (χ4v) is 1.69. The molecule has 6 heteroatoms. The molecule has 0 bridgehead atoms. The Balaban J connectivity index is 2.22. The molecule has 1 atom stereocenters. The summed E-state index contributed by atoms with van der Waals surface area (Å²) >= 11 is 3.24. The number of nitrogens with zero attached hydrogens (tertiary/aromatic N) is 2. The second-order valence-corrected chi connectivity index (χ2v) is 4.53. The van der Waals surface area contributed by atoms with Crippen molar-refractivity contribution < 1.29 is 9.66 Å². The van der Waals surface area contributed by atoms with Crippen LogP contribution in [0.5, 0.6) is 0 Å². The summed E-state index contributed by atoms with van der Waals surface area (Å²) < 4.78 is 6.23. The Morgan fingerprint density at radius 3 is 3.00 bits per heavy atom. The second-order valence-electron chi connectivity index (χ2n) is 3.51. The predicted octanol–water partition coefficient (Wildman–Crippen LogP) is 2.65. The third kappa shape index (κ3) is 2.52. The first kappa shape index (κ1) is 11.8. The number of aliphatic imine (C=N–C) groups is 1. The van der Waals surface area contributed by atoms with Gasteiger partial charge in [-0.05, 0) is 6.07 Å². The van der Waals surface area contributed by atoms with Gasteiger partial charge in [0.1, 0.15) is 0 Å². The van der Waals surface area contributed by atoms with Crippen LogP contribution in [0.1, 0.15) is 5.56 Å². The number of hydrogen-bond acceptors (Lipinski definition) is 4. The smallest absolute Gasteiger partial charge is 0.270 e. The van der Waals surface area contributed by atoms with Gasteiger partial charge >= 0.3 is 0 Å². The van der Waals surface area contributed by atoms with Gasteiger partial charge in [-0.25, -0.2) is 4.99 Å². The molecule has 0 spiro atoms. The van der Waals surface area contributed by atoms with Crippen molar-refractivity contribution in [2.75, 3.05) is 6.54 Å². The Hall–Kier alpha value is -1.69. The molecule has 5 nitrogen and oxygen atoms in total. The summed E-state index contributed by atoms with van der Waals surface area (Å²) in [6, 6.07) is 6.21. The lowest BCUT2D eigenvalue weighted by atomic mass is 10.2. The van der Waals surface area contributed by atoms with Crippen LogP contribution in [0.15, 0.2) is 40.3 Å². The molecular formula is C11H9BrN2O3. The second kappa shape index (κ2) is 4.67. The molecule has 0 unspecified atom stereocenters. The predicted molar refractivity (Wildman–Crippen MR) is 67.4 cm³/mol. The first-order valence-corrected chi connectivity index (χ1v) is 5.67. The SMILES string of the molecule is C=C(Br)[C@H]1CN=C(c2cccc([N+](=O)[O-])c2)O1. The van der Waals surface area contributed by atoms with E-state index in [2.05, 4.69) is 27.5 Å². The van der Waals surface area contributed by atoms with E-state index in [-0.39, 0.29) is 11.8 Å². The van der Waals surface area contributed by atoms with Gasteiger partial charge in [-0.2, -0.15) is 0 Å². The molecule has 2 rings (SSSR count). The van der Waals surface area contributed by atoms with Crippen LogP contribution in [0, 0.1) is 10.1 Å². The van der Waals surface area contributed by atoms with Gasteiger partial charge in [0, 0.05) is 22.2 Å². The van der Waals surface area contributed by atoms with Crippen molar-refractivity contribution in [3.63, 3.8) is 0 Å². The van der Waals surface area contributed by atoms with Crippen molar-refractivity contribution in [1.82, 2.24) is 0 Å². The highest BCUT2D eigenvalue weighted by Crippen LogP contribution is 2.22. The molecule has 0 saturated carbocycles. The van der Waals surface area contributed by atoms with Crippen molar-refractivity contribution >= 4 is 27.5 Å². The van der Waals surface area contributed by atoms with E-state index in [4.69, 9.17) is 4.74 Å². The number of hydrogen-bond donors (Lipinski definition) is 0. The highest BCUT2D eigenvalue weighted by molar-refractivity contribution is 9.11. The lowest BCUT2D eigenvalue weighted by molar-refractivity contribution is -0.384. The molecule has 1 aromatic carbocycles. The summed E-state index contributed by atoms with van der Waals surface area (Å²) in [6.07, 6.45) is -0.204. The average molecular weight is 297 g/mol. The maximum Gasteiger partial charge on any atom is 0.270 e. The van der Waals surface area contributed by atoms with E-state index in [9.17, 15) is 10.1 Å². The highest BCUT2D eigenvalue weighted by atomic mass is 79.9. The minimum absolute atomic E-state index is 0.0231. The normalized spacial score (nSPS) is 18.4. The summed E-state index contributed by atoms with van der Waals surface area (Å²) in [4.78, 5) is 14.4. The van der Waals surface area contributed by atoms with Gasteiger partial charge in [0.25, 0.3) is 5.69 Å². The maximum absolute atomic E-state index is 10.6. The number of benzene rings is 1. The summed E-state index contributed by atoms with van der Waals surface area (Å²) in [6.45, 7) is 4.20. The van der Waals surface area contributed by atoms with Gasteiger partial charge in [0.15, 0.2) is 6.10 Å². The molecule has 0 radical (unpaired) electrons. The van der Waals surface area contributed by atoms with E-state index in [0.717, 1.165) is 0 Å². The minimum Gasteiger partial charge on any atom is -0.467 e. The van der Waals surface area contributed by atoms with E-state index in [1.165, 1.54) is 12.1 Å². The van der Waals surface area contributed by atoms with Crippen LogP contribution in [0.2, 0.25) is 0 Å². The first-order chi connectivity index (χ1) is 8.08. The van der Waals surface area contributed by atoms with E-state index in [0.29, 0.717) is 22.5 Å². The highest BCUT2D eigenvalue weighted by Gasteiger charge is 2.23. The fourth-order valence-electron chi connectivity index (χ4n) is 1.45. The lowest BCUT2D eigenvalue weighted by Gasteiger charge is -2.09. The lowest BCUT2D eigenvalue weighted by Crippen LogP contribution is -2.13. The third-order valence-electron chi connectivity index (χ3n) is 2.31. The number of ether oxygens (including phenoxy) is 1. The van der Waals surface area contributed by atoms with Crippen LogP contribution in [0.4, 0.5) is 5.69 Å². The van der Waals surface area contributed by atoms with Gasteiger partial charge in [-0.1, -0.05) is 28.6 Å².